The van der Waals surface area contributed by atoms with Crippen molar-refractivity contribution in [1.29, 1.82) is 5.26 Å². The van der Waals surface area contributed by atoms with Gasteiger partial charge in [-0.15, -0.1) is 0 Å². The molecule has 3 heteroatoms. The highest BCUT2D eigenvalue weighted by molar-refractivity contribution is 6.31. The van der Waals surface area contributed by atoms with Crippen LogP contribution >= 0.6 is 0 Å². The molecular formula is C46H27N3. The molecule has 10 rings (SSSR count). The van der Waals surface area contributed by atoms with Crippen molar-refractivity contribution in [2.75, 3.05) is 0 Å². The monoisotopic (exact) mass is 621 g/mol. The number of hydrogen-bond acceptors (Lipinski definition) is 2. The molecule has 0 saturated carbocycles. The fourth-order valence-electron chi connectivity index (χ4n) is 7.78. The van der Waals surface area contributed by atoms with E-state index >= 15 is 0 Å². The third kappa shape index (κ3) is 4.11. The maximum Gasteiger partial charge on any atom is 0.0992 e. The standard InChI is InChI=1S/C46H27N3/c47-28-29-21-23-36-41-27-31(22-24-42(41)49(43(36)25-29)33-13-2-1-3-14-33)30-11-10-12-32(26-30)45-40-20-9-7-18-38(40)44-37-17-6-4-15-34(37)35-16-5-8-19-39(35)46(44)48-45/h1-27H. The summed E-state index contributed by atoms with van der Waals surface area (Å²) in [5.74, 6) is 0. The average molecular weight is 622 g/mol. The van der Waals surface area contributed by atoms with Crippen LogP contribution in [0.1, 0.15) is 5.56 Å². The maximum atomic E-state index is 9.71. The second-order valence-electron chi connectivity index (χ2n) is 12.6. The SMILES string of the molecule is N#Cc1ccc2c3cc(-c4cccc(-c5nc6c7ccccc7c7ccccc7c6c6ccccc56)c4)ccc3n(-c3ccccc3)c2c1. The van der Waals surface area contributed by atoms with E-state index < -0.39 is 0 Å². The Labute approximate surface area is 282 Å². The number of pyridine rings is 1. The van der Waals surface area contributed by atoms with Crippen LogP contribution in [0.4, 0.5) is 0 Å². The van der Waals surface area contributed by atoms with E-state index in [-0.39, 0.29) is 0 Å². The Morgan fingerprint density at radius 2 is 1.06 bits per heavy atom. The molecule has 10 aromatic rings. The topological polar surface area (TPSA) is 41.6 Å². The van der Waals surface area contributed by atoms with E-state index in [1.807, 2.05) is 18.2 Å². The Balaban J connectivity index is 1.21. The summed E-state index contributed by atoms with van der Waals surface area (Å²) < 4.78 is 2.25. The van der Waals surface area contributed by atoms with Crippen molar-refractivity contribution in [1.82, 2.24) is 9.55 Å². The van der Waals surface area contributed by atoms with Gasteiger partial charge >= 0.3 is 0 Å². The summed E-state index contributed by atoms with van der Waals surface area (Å²) in [6, 6.07) is 60.1. The lowest BCUT2D eigenvalue weighted by Crippen LogP contribution is -1.93. The summed E-state index contributed by atoms with van der Waals surface area (Å²) in [7, 11) is 0. The van der Waals surface area contributed by atoms with Crippen molar-refractivity contribution < 1.29 is 0 Å². The van der Waals surface area contributed by atoms with E-state index in [4.69, 9.17) is 4.98 Å². The molecular weight excluding hydrogens is 595 g/mol. The maximum absolute atomic E-state index is 9.71. The molecule has 0 aliphatic heterocycles. The summed E-state index contributed by atoms with van der Waals surface area (Å²) in [4.78, 5) is 5.50. The third-order valence-electron chi connectivity index (χ3n) is 9.96. The summed E-state index contributed by atoms with van der Waals surface area (Å²) in [6.45, 7) is 0. The molecule has 2 aromatic heterocycles. The van der Waals surface area contributed by atoms with Crippen molar-refractivity contribution in [3.63, 3.8) is 0 Å². The lowest BCUT2D eigenvalue weighted by atomic mass is 9.92. The molecule has 0 unspecified atom stereocenters. The zero-order chi connectivity index (χ0) is 32.5. The number of aromatic nitrogens is 2. The second-order valence-corrected chi connectivity index (χ2v) is 12.6. The number of benzene rings is 8. The highest BCUT2D eigenvalue weighted by Gasteiger charge is 2.18. The van der Waals surface area contributed by atoms with Gasteiger partial charge in [-0.2, -0.15) is 5.26 Å². The minimum absolute atomic E-state index is 0.649. The minimum atomic E-state index is 0.649. The normalized spacial score (nSPS) is 11.7. The fraction of sp³-hybridized carbons (Fsp3) is 0. The summed E-state index contributed by atoms with van der Waals surface area (Å²) in [5, 5.41) is 20.4. The Morgan fingerprint density at radius 3 is 1.84 bits per heavy atom. The predicted octanol–water partition coefficient (Wildman–Crippen LogP) is 12.0. The molecule has 0 radical (unpaired) electrons. The number of rotatable bonds is 3. The van der Waals surface area contributed by atoms with Gasteiger partial charge in [-0.05, 0) is 75.1 Å². The summed E-state index contributed by atoms with van der Waals surface area (Å²) >= 11 is 0. The lowest BCUT2D eigenvalue weighted by Gasteiger charge is -2.15. The first-order valence-corrected chi connectivity index (χ1v) is 16.5. The van der Waals surface area contributed by atoms with Crippen LogP contribution < -0.4 is 0 Å². The Morgan fingerprint density at radius 1 is 0.429 bits per heavy atom. The molecule has 0 spiro atoms. The first kappa shape index (κ1) is 27.4. The quantitative estimate of drug-likeness (QED) is 0.184. The van der Waals surface area contributed by atoms with E-state index in [1.165, 1.54) is 32.3 Å². The van der Waals surface area contributed by atoms with Gasteiger partial charge in [0.15, 0.2) is 0 Å². The van der Waals surface area contributed by atoms with Crippen LogP contribution in [0.5, 0.6) is 0 Å². The van der Waals surface area contributed by atoms with Gasteiger partial charge < -0.3 is 4.57 Å². The molecule has 0 fully saturated rings. The number of fused-ring (bicyclic) bond motifs is 11. The van der Waals surface area contributed by atoms with Gasteiger partial charge in [-0.1, -0.05) is 121 Å². The molecule has 0 atom stereocenters. The zero-order valence-corrected chi connectivity index (χ0v) is 26.4. The van der Waals surface area contributed by atoms with E-state index in [0.29, 0.717) is 5.56 Å². The van der Waals surface area contributed by atoms with Gasteiger partial charge in [-0.3, -0.25) is 0 Å². The van der Waals surface area contributed by atoms with Crippen molar-refractivity contribution in [3.8, 4) is 34.1 Å². The van der Waals surface area contributed by atoms with E-state index in [1.54, 1.807) is 0 Å². The minimum Gasteiger partial charge on any atom is -0.309 e. The van der Waals surface area contributed by atoms with Crippen LogP contribution in [-0.4, -0.2) is 9.55 Å². The van der Waals surface area contributed by atoms with Crippen LogP contribution in [0, 0.1) is 11.3 Å². The smallest absolute Gasteiger partial charge is 0.0992 e. The molecule has 0 aliphatic rings. The Hall–Kier alpha value is -6.76. The zero-order valence-electron chi connectivity index (χ0n) is 26.4. The first-order chi connectivity index (χ1) is 24.3. The molecule has 0 N–H and O–H groups in total. The van der Waals surface area contributed by atoms with Crippen molar-refractivity contribution in [2.45, 2.75) is 0 Å². The Kier molecular flexibility index (Phi) is 5.94. The molecule has 3 nitrogen and oxygen atoms in total. The first-order valence-electron chi connectivity index (χ1n) is 16.5. The Bertz CT molecular complexity index is 3000. The highest BCUT2D eigenvalue weighted by Crippen LogP contribution is 2.42. The van der Waals surface area contributed by atoms with Crippen molar-refractivity contribution >= 4 is 65.0 Å². The molecule has 0 amide bonds. The van der Waals surface area contributed by atoms with Gasteiger partial charge in [0.25, 0.3) is 0 Å². The molecule has 0 bridgehead atoms. The van der Waals surface area contributed by atoms with Gasteiger partial charge in [-0.25, -0.2) is 4.98 Å². The number of para-hydroxylation sites is 1. The molecule has 226 valence electrons. The fourth-order valence-corrected chi connectivity index (χ4v) is 7.78. The third-order valence-corrected chi connectivity index (χ3v) is 9.96. The average Bonchev–Trinajstić information content (AvgIpc) is 3.50. The van der Waals surface area contributed by atoms with Crippen LogP contribution in [0.2, 0.25) is 0 Å². The number of nitrogens with zero attached hydrogens (tertiary/aromatic N) is 3. The van der Waals surface area contributed by atoms with Crippen LogP contribution in [0.3, 0.4) is 0 Å². The highest BCUT2D eigenvalue weighted by atomic mass is 15.0. The molecule has 8 aromatic carbocycles. The molecule has 0 saturated heterocycles. The number of nitriles is 1. The van der Waals surface area contributed by atoms with Gasteiger partial charge in [0.2, 0.25) is 0 Å². The summed E-state index contributed by atoms with van der Waals surface area (Å²) in [6.07, 6.45) is 0. The molecule has 49 heavy (non-hydrogen) atoms. The largest absolute Gasteiger partial charge is 0.309 e. The van der Waals surface area contributed by atoms with Gasteiger partial charge in [0, 0.05) is 38.2 Å². The second kappa shape index (κ2) is 10.6. The van der Waals surface area contributed by atoms with Crippen LogP contribution in [0.15, 0.2) is 164 Å². The van der Waals surface area contributed by atoms with Gasteiger partial charge in [0.05, 0.1) is 33.9 Å². The van der Waals surface area contributed by atoms with Crippen molar-refractivity contribution in [2.24, 2.45) is 0 Å². The number of hydrogen-bond donors (Lipinski definition) is 0. The predicted molar refractivity (Wildman–Crippen MR) is 204 cm³/mol. The van der Waals surface area contributed by atoms with E-state index in [2.05, 4.69) is 156 Å². The van der Waals surface area contributed by atoms with Crippen molar-refractivity contribution in [3.05, 3.63) is 169 Å². The van der Waals surface area contributed by atoms with Crippen LogP contribution in [0.25, 0.3) is 93.1 Å². The molecule has 0 aliphatic carbocycles. The van der Waals surface area contributed by atoms with Crippen LogP contribution in [-0.2, 0) is 0 Å². The van der Waals surface area contributed by atoms with E-state index in [0.717, 1.165) is 60.8 Å². The van der Waals surface area contributed by atoms with E-state index in [9.17, 15) is 5.26 Å². The summed E-state index contributed by atoms with van der Waals surface area (Å²) in [5.41, 5.74) is 9.21. The lowest BCUT2D eigenvalue weighted by molar-refractivity contribution is 1.18. The van der Waals surface area contributed by atoms with Gasteiger partial charge in [0.1, 0.15) is 0 Å². The molecule has 2 heterocycles.